The number of ether oxygens (including phenoxy) is 4. The molecule has 2 aliphatic heterocycles. The molecule has 0 saturated carbocycles. The van der Waals surface area contributed by atoms with Gasteiger partial charge >= 0.3 is 0 Å². The van der Waals surface area contributed by atoms with Crippen LogP contribution in [0, 0.1) is 0 Å². The summed E-state index contributed by atoms with van der Waals surface area (Å²) in [7, 11) is 4.46. The van der Waals surface area contributed by atoms with Gasteiger partial charge in [0, 0.05) is 32.2 Å². The van der Waals surface area contributed by atoms with E-state index in [1.165, 1.54) is 38.4 Å². The first-order valence-corrected chi connectivity index (χ1v) is 12.1. The number of ketones is 1. The molecule has 0 bridgehead atoms. The molecule has 2 aromatic rings. The van der Waals surface area contributed by atoms with Gasteiger partial charge in [0.25, 0.3) is 11.7 Å². The fraction of sp³-hybridized carbons (Fsp3) is 0.407. The second kappa shape index (κ2) is 11.5. The molecule has 2 fully saturated rings. The first kappa shape index (κ1) is 26.3. The summed E-state index contributed by atoms with van der Waals surface area (Å²) in [6, 6.07) is 8.55. The summed E-state index contributed by atoms with van der Waals surface area (Å²) in [5.74, 6) is -0.978. The van der Waals surface area contributed by atoms with Crippen LogP contribution in [0.3, 0.4) is 0 Å². The number of methoxy groups -OCH3 is 3. The standard InChI is InChI=1S/C27H32N2O8/c1-34-18-6-7-19(20(30)16-18)25(31)23-24(17-5-8-21(35-2)22(15-17)36-3)29(27(33)26(23)32)10-4-9-28-11-13-37-14-12-28/h5-8,15-16,24,30-31H,4,9-14H2,1-3H3/t24-/m0/s1. The van der Waals surface area contributed by atoms with Crippen LogP contribution < -0.4 is 14.2 Å². The smallest absolute Gasteiger partial charge is 0.295 e. The molecular weight excluding hydrogens is 480 g/mol. The Balaban J connectivity index is 1.75. The van der Waals surface area contributed by atoms with Crippen LogP contribution in [0.5, 0.6) is 23.0 Å². The Morgan fingerprint density at radius 1 is 0.973 bits per heavy atom. The van der Waals surface area contributed by atoms with Crippen molar-refractivity contribution < 1.29 is 38.7 Å². The summed E-state index contributed by atoms with van der Waals surface area (Å²) in [5.41, 5.74) is 0.486. The number of likely N-dealkylation sites (tertiary alicyclic amines) is 1. The van der Waals surface area contributed by atoms with E-state index in [0.717, 1.165) is 19.6 Å². The van der Waals surface area contributed by atoms with Crippen LogP contribution in [0.4, 0.5) is 0 Å². The topological polar surface area (TPSA) is 118 Å². The Morgan fingerprint density at radius 3 is 2.35 bits per heavy atom. The van der Waals surface area contributed by atoms with Gasteiger partial charge in [0.1, 0.15) is 17.3 Å². The van der Waals surface area contributed by atoms with Crippen LogP contribution in [-0.4, -0.2) is 92.4 Å². The minimum Gasteiger partial charge on any atom is -0.507 e. The summed E-state index contributed by atoms with van der Waals surface area (Å²) in [6.07, 6.45) is 0.630. The zero-order valence-corrected chi connectivity index (χ0v) is 21.2. The predicted octanol–water partition coefficient (Wildman–Crippen LogP) is 2.56. The van der Waals surface area contributed by atoms with Gasteiger partial charge in [0.05, 0.1) is 51.7 Å². The first-order valence-electron chi connectivity index (χ1n) is 12.1. The fourth-order valence-corrected chi connectivity index (χ4v) is 4.75. The van der Waals surface area contributed by atoms with E-state index in [9.17, 15) is 19.8 Å². The minimum atomic E-state index is -0.883. The third kappa shape index (κ3) is 5.35. The van der Waals surface area contributed by atoms with Crippen molar-refractivity contribution in [2.45, 2.75) is 12.5 Å². The highest BCUT2D eigenvalue weighted by atomic mass is 16.5. The Hall–Kier alpha value is -3.76. The van der Waals surface area contributed by atoms with Gasteiger partial charge in [-0.1, -0.05) is 6.07 Å². The van der Waals surface area contributed by atoms with Crippen LogP contribution in [0.2, 0.25) is 0 Å². The number of hydrogen-bond donors (Lipinski definition) is 2. The molecule has 4 rings (SSSR count). The van der Waals surface area contributed by atoms with Crippen molar-refractivity contribution in [2.75, 3.05) is 60.7 Å². The average molecular weight is 513 g/mol. The van der Waals surface area contributed by atoms with E-state index in [-0.39, 0.29) is 16.9 Å². The van der Waals surface area contributed by atoms with Gasteiger partial charge in [-0.2, -0.15) is 0 Å². The normalized spacial score (nSPS) is 19.8. The van der Waals surface area contributed by atoms with Crippen LogP contribution in [0.15, 0.2) is 42.0 Å². The predicted molar refractivity (Wildman–Crippen MR) is 135 cm³/mol. The van der Waals surface area contributed by atoms with Crippen LogP contribution in [0.1, 0.15) is 23.6 Å². The number of nitrogens with zero attached hydrogens (tertiary/aromatic N) is 2. The number of aliphatic hydroxyl groups is 1. The van der Waals surface area contributed by atoms with E-state index in [2.05, 4.69) is 4.90 Å². The molecule has 0 unspecified atom stereocenters. The zero-order valence-electron chi connectivity index (χ0n) is 21.2. The number of phenolic OH excluding ortho intramolecular Hbond substituents is 1. The van der Waals surface area contributed by atoms with Gasteiger partial charge in [-0.25, -0.2) is 0 Å². The van der Waals surface area contributed by atoms with E-state index in [4.69, 9.17) is 18.9 Å². The Kier molecular flexibility index (Phi) is 8.20. The molecule has 2 N–H and O–H groups in total. The molecule has 1 amide bonds. The van der Waals surface area contributed by atoms with Gasteiger partial charge in [0.15, 0.2) is 11.5 Å². The zero-order chi connectivity index (χ0) is 26.5. The second-order valence-corrected chi connectivity index (χ2v) is 8.80. The summed E-state index contributed by atoms with van der Waals surface area (Å²) >= 11 is 0. The number of phenols is 1. The number of aromatic hydroxyl groups is 1. The quantitative estimate of drug-likeness (QED) is 0.297. The molecule has 10 heteroatoms. The molecule has 2 aliphatic rings. The van der Waals surface area contributed by atoms with Crippen molar-refractivity contribution in [2.24, 2.45) is 0 Å². The first-order chi connectivity index (χ1) is 17.9. The molecule has 2 aromatic carbocycles. The van der Waals surface area contributed by atoms with E-state index < -0.39 is 23.5 Å². The van der Waals surface area contributed by atoms with Gasteiger partial charge in [-0.15, -0.1) is 0 Å². The van der Waals surface area contributed by atoms with Crippen LogP contribution in [-0.2, 0) is 14.3 Å². The highest BCUT2D eigenvalue weighted by Gasteiger charge is 2.46. The highest BCUT2D eigenvalue weighted by Crippen LogP contribution is 2.43. The lowest BCUT2D eigenvalue weighted by Crippen LogP contribution is -2.38. The van der Waals surface area contributed by atoms with Crippen molar-refractivity contribution in [3.8, 4) is 23.0 Å². The number of amides is 1. The van der Waals surface area contributed by atoms with E-state index >= 15 is 0 Å². The van der Waals surface area contributed by atoms with Crippen LogP contribution in [0.25, 0.3) is 5.76 Å². The molecule has 0 aromatic heterocycles. The van der Waals surface area contributed by atoms with Gasteiger partial charge < -0.3 is 34.1 Å². The van der Waals surface area contributed by atoms with Crippen molar-refractivity contribution in [3.05, 3.63) is 53.1 Å². The molecule has 10 nitrogen and oxygen atoms in total. The van der Waals surface area contributed by atoms with Crippen LogP contribution >= 0.6 is 0 Å². The number of carbonyl (C=O) groups is 2. The minimum absolute atomic E-state index is 0.0255. The number of morpholine rings is 1. The van der Waals surface area contributed by atoms with Gasteiger partial charge in [-0.3, -0.25) is 14.5 Å². The molecule has 0 spiro atoms. The maximum absolute atomic E-state index is 13.3. The summed E-state index contributed by atoms with van der Waals surface area (Å²) in [5, 5.41) is 21.8. The number of aliphatic hydroxyl groups excluding tert-OH is 1. The van der Waals surface area contributed by atoms with Gasteiger partial charge in [0.2, 0.25) is 0 Å². The molecular formula is C27H32N2O8. The van der Waals surface area contributed by atoms with Crippen molar-refractivity contribution >= 4 is 17.4 Å². The Bertz CT molecular complexity index is 1190. The highest BCUT2D eigenvalue weighted by molar-refractivity contribution is 6.46. The number of Topliss-reactive ketones (excluding diaryl/α,β-unsaturated/α-hetero) is 1. The largest absolute Gasteiger partial charge is 0.507 e. The summed E-state index contributed by atoms with van der Waals surface area (Å²) in [6.45, 7) is 4.00. The number of hydrogen-bond acceptors (Lipinski definition) is 9. The number of carbonyl (C=O) groups excluding carboxylic acids is 2. The van der Waals surface area contributed by atoms with Crippen molar-refractivity contribution in [3.63, 3.8) is 0 Å². The molecule has 2 saturated heterocycles. The SMILES string of the molecule is COc1ccc(C(O)=C2C(=O)C(=O)N(CCCN3CCOCC3)[C@H]2c2ccc(OC)c(OC)c2)c(O)c1. The lowest BCUT2D eigenvalue weighted by atomic mass is 9.94. The van der Waals surface area contributed by atoms with Gasteiger partial charge in [-0.05, 0) is 36.2 Å². The molecule has 37 heavy (non-hydrogen) atoms. The third-order valence-corrected chi connectivity index (χ3v) is 6.70. The summed E-state index contributed by atoms with van der Waals surface area (Å²) < 4.78 is 21.3. The fourth-order valence-electron chi connectivity index (χ4n) is 4.75. The lowest BCUT2D eigenvalue weighted by Gasteiger charge is -2.29. The number of benzene rings is 2. The molecule has 198 valence electrons. The Morgan fingerprint density at radius 2 is 1.70 bits per heavy atom. The average Bonchev–Trinajstić information content (AvgIpc) is 3.17. The summed E-state index contributed by atoms with van der Waals surface area (Å²) in [4.78, 5) is 30.3. The third-order valence-electron chi connectivity index (χ3n) is 6.70. The number of rotatable bonds is 9. The van der Waals surface area contributed by atoms with E-state index in [1.807, 2.05) is 0 Å². The maximum Gasteiger partial charge on any atom is 0.295 e. The van der Waals surface area contributed by atoms with E-state index in [0.29, 0.717) is 49.0 Å². The molecule has 2 heterocycles. The maximum atomic E-state index is 13.3. The van der Waals surface area contributed by atoms with Crippen molar-refractivity contribution in [1.29, 1.82) is 0 Å². The molecule has 1 atom stereocenters. The van der Waals surface area contributed by atoms with Crippen molar-refractivity contribution in [1.82, 2.24) is 9.80 Å². The monoisotopic (exact) mass is 512 g/mol. The lowest BCUT2D eigenvalue weighted by molar-refractivity contribution is -0.140. The Labute approximate surface area is 215 Å². The molecule has 0 radical (unpaired) electrons. The molecule has 0 aliphatic carbocycles. The van der Waals surface area contributed by atoms with E-state index in [1.54, 1.807) is 24.3 Å². The second-order valence-electron chi connectivity index (χ2n) is 8.80.